The number of benzene rings is 1. The average molecular weight is 329 g/mol. The molecule has 3 rings (SSSR count). The maximum absolute atomic E-state index is 10.7. The maximum atomic E-state index is 10.7. The molecule has 2 aromatic heterocycles. The summed E-state index contributed by atoms with van der Waals surface area (Å²) in [6.07, 6.45) is 3.77. The predicted molar refractivity (Wildman–Crippen MR) is 88.8 cm³/mol. The van der Waals surface area contributed by atoms with E-state index in [1.807, 2.05) is 18.3 Å². The zero-order chi connectivity index (χ0) is 16.2. The first-order chi connectivity index (χ1) is 11.2. The molecule has 0 aliphatic carbocycles. The van der Waals surface area contributed by atoms with Crippen LogP contribution in [0.1, 0.15) is 0 Å². The van der Waals surface area contributed by atoms with Crippen LogP contribution >= 0.6 is 11.8 Å². The van der Waals surface area contributed by atoms with E-state index in [0.29, 0.717) is 6.61 Å². The monoisotopic (exact) mass is 329 g/mol. The summed E-state index contributed by atoms with van der Waals surface area (Å²) in [5.74, 6) is 0. The van der Waals surface area contributed by atoms with Crippen LogP contribution in [0.5, 0.6) is 0 Å². The van der Waals surface area contributed by atoms with Crippen LogP contribution in [0.15, 0.2) is 58.6 Å². The fourth-order valence-electron chi connectivity index (χ4n) is 2.32. The van der Waals surface area contributed by atoms with Gasteiger partial charge < -0.3 is 9.30 Å². The normalized spacial score (nSPS) is 11.0. The summed E-state index contributed by atoms with van der Waals surface area (Å²) in [6.45, 7) is 1.37. The lowest BCUT2D eigenvalue weighted by atomic mass is 10.3. The van der Waals surface area contributed by atoms with Gasteiger partial charge >= 0.3 is 0 Å². The van der Waals surface area contributed by atoms with Gasteiger partial charge in [0.15, 0.2) is 0 Å². The van der Waals surface area contributed by atoms with Gasteiger partial charge in [0.1, 0.15) is 0 Å². The molecule has 7 heteroatoms. The van der Waals surface area contributed by atoms with Crippen molar-refractivity contribution in [2.45, 2.75) is 16.3 Å². The number of pyridine rings is 1. The minimum atomic E-state index is -0.394. The lowest BCUT2D eigenvalue weighted by Crippen LogP contribution is -2.03. The molecule has 0 saturated heterocycles. The Labute approximate surface area is 137 Å². The van der Waals surface area contributed by atoms with Crippen LogP contribution < -0.4 is 0 Å². The molecule has 0 saturated carbocycles. The summed E-state index contributed by atoms with van der Waals surface area (Å²) in [6, 6.07) is 10.5. The molecular weight excluding hydrogens is 314 g/mol. The highest BCUT2D eigenvalue weighted by Crippen LogP contribution is 2.33. The number of hydrogen-bond donors (Lipinski definition) is 0. The van der Waals surface area contributed by atoms with E-state index in [1.54, 1.807) is 37.2 Å². The summed E-state index contributed by atoms with van der Waals surface area (Å²) in [7, 11) is 1.68. The highest BCUT2D eigenvalue weighted by atomic mass is 32.2. The number of fused-ring (bicyclic) bond motifs is 1. The van der Waals surface area contributed by atoms with E-state index >= 15 is 0 Å². The average Bonchev–Trinajstić information content (AvgIpc) is 2.97. The molecule has 0 unspecified atom stereocenters. The molecule has 0 atom stereocenters. The molecule has 3 aromatic rings. The molecule has 0 radical (unpaired) electrons. The van der Waals surface area contributed by atoms with Crippen molar-refractivity contribution in [3.63, 3.8) is 0 Å². The Morgan fingerprint density at radius 2 is 2.04 bits per heavy atom. The van der Waals surface area contributed by atoms with Crippen LogP contribution in [-0.4, -0.2) is 28.2 Å². The zero-order valence-corrected chi connectivity index (χ0v) is 13.3. The Balaban J connectivity index is 1.92. The Hall–Kier alpha value is -2.38. The van der Waals surface area contributed by atoms with Gasteiger partial charge in [-0.1, -0.05) is 11.8 Å². The van der Waals surface area contributed by atoms with Gasteiger partial charge in [0.2, 0.25) is 0 Å². The standard InChI is InChI=1S/C16H15N3O3S/c1-22-11-10-18-9-7-14-16(18)15(6-8-17-14)23-13-4-2-12(3-5-13)19(20)21/h2-9H,10-11H2,1H3. The zero-order valence-electron chi connectivity index (χ0n) is 12.5. The van der Waals surface area contributed by atoms with Crippen LogP contribution in [0.2, 0.25) is 0 Å². The molecule has 0 fully saturated rings. The number of aromatic nitrogens is 2. The van der Waals surface area contributed by atoms with E-state index in [1.165, 1.54) is 12.1 Å². The largest absolute Gasteiger partial charge is 0.383 e. The number of nitro benzene ring substituents is 1. The van der Waals surface area contributed by atoms with Crippen molar-refractivity contribution < 1.29 is 9.66 Å². The Bertz CT molecular complexity index is 830. The van der Waals surface area contributed by atoms with Gasteiger partial charge in [-0.2, -0.15) is 0 Å². The van der Waals surface area contributed by atoms with Crippen molar-refractivity contribution in [2.75, 3.05) is 13.7 Å². The molecule has 0 N–H and O–H groups in total. The lowest BCUT2D eigenvalue weighted by molar-refractivity contribution is -0.384. The number of ether oxygens (including phenoxy) is 1. The third-order valence-electron chi connectivity index (χ3n) is 3.43. The summed E-state index contributed by atoms with van der Waals surface area (Å²) in [4.78, 5) is 16.7. The Morgan fingerprint density at radius 3 is 2.74 bits per heavy atom. The number of rotatable bonds is 6. The molecule has 118 valence electrons. The Kier molecular flexibility index (Phi) is 4.59. The first-order valence-electron chi connectivity index (χ1n) is 7.04. The minimum Gasteiger partial charge on any atom is -0.383 e. The fraction of sp³-hybridized carbons (Fsp3) is 0.188. The molecule has 2 heterocycles. The van der Waals surface area contributed by atoms with Gasteiger partial charge in [-0.15, -0.1) is 0 Å². The lowest BCUT2D eigenvalue weighted by Gasteiger charge is -2.09. The summed E-state index contributed by atoms with van der Waals surface area (Å²) in [5, 5.41) is 10.7. The molecule has 1 aromatic carbocycles. The van der Waals surface area contributed by atoms with Gasteiger partial charge in [-0.05, 0) is 24.3 Å². The smallest absolute Gasteiger partial charge is 0.269 e. The summed E-state index contributed by atoms with van der Waals surface area (Å²) >= 11 is 1.57. The molecule has 0 aliphatic rings. The van der Waals surface area contributed by atoms with Crippen molar-refractivity contribution in [1.82, 2.24) is 9.55 Å². The molecule has 0 bridgehead atoms. The van der Waals surface area contributed by atoms with Crippen molar-refractivity contribution in [3.8, 4) is 0 Å². The third kappa shape index (κ3) is 3.35. The predicted octanol–water partition coefficient (Wildman–Crippen LogP) is 3.74. The Morgan fingerprint density at radius 1 is 1.26 bits per heavy atom. The molecular formula is C16H15N3O3S. The molecule has 6 nitrogen and oxygen atoms in total. The number of methoxy groups -OCH3 is 1. The highest BCUT2D eigenvalue weighted by Gasteiger charge is 2.10. The van der Waals surface area contributed by atoms with Crippen LogP contribution in [0.25, 0.3) is 11.0 Å². The second kappa shape index (κ2) is 6.80. The van der Waals surface area contributed by atoms with E-state index < -0.39 is 4.92 Å². The van der Waals surface area contributed by atoms with E-state index in [4.69, 9.17) is 4.74 Å². The molecule has 0 amide bonds. The van der Waals surface area contributed by atoms with Gasteiger partial charge in [-0.25, -0.2) is 0 Å². The number of hydrogen-bond acceptors (Lipinski definition) is 5. The maximum Gasteiger partial charge on any atom is 0.269 e. The van der Waals surface area contributed by atoms with Crippen molar-refractivity contribution in [1.29, 1.82) is 0 Å². The van der Waals surface area contributed by atoms with E-state index in [0.717, 1.165) is 27.4 Å². The van der Waals surface area contributed by atoms with Crippen LogP contribution in [0, 0.1) is 10.1 Å². The summed E-state index contributed by atoms with van der Waals surface area (Å²) < 4.78 is 7.26. The van der Waals surface area contributed by atoms with Gasteiger partial charge in [0.25, 0.3) is 5.69 Å². The van der Waals surface area contributed by atoms with Gasteiger partial charge in [-0.3, -0.25) is 15.1 Å². The third-order valence-corrected chi connectivity index (χ3v) is 4.48. The second-order valence-corrected chi connectivity index (χ2v) is 6.01. The molecule has 23 heavy (non-hydrogen) atoms. The van der Waals surface area contributed by atoms with Crippen LogP contribution in [0.4, 0.5) is 5.69 Å². The first-order valence-corrected chi connectivity index (χ1v) is 7.86. The number of nitro groups is 1. The number of non-ortho nitro benzene ring substituents is 1. The molecule has 0 aliphatic heterocycles. The van der Waals surface area contributed by atoms with Crippen LogP contribution in [-0.2, 0) is 11.3 Å². The van der Waals surface area contributed by atoms with Gasteiger partial charge in [0, 0.05) is 48.0 Å². The van der Waals surface area contributed by atoms with E-state index in [2.05, 4.69) is 9.55 Å². The minimum absolute atomic E-state index is 0.0951. The van der Waals surface area contributed by atoms with Crippen molar-refractivity contribution in [3.05, 3.63) is 58.9 Å². The van der Waals surface area contributed by atoms with Crippen molar-refractivity contribution in [2.24, 2.45) is 0 Å². The first kappa shape index (κ1) is 15.5. The van der Waals surface area contributed by atoms with Crippen molar-refractivity contribution >= 4 is 28.5 Å². The van der Waals surface area contributed by atoms with Gasteiger partial charge in [0.05, 0.1) is 22.6 Å². The SMILES string of the molecule is COCCn1ccc2nccc(Sc3ccc([N+](=O)[O-])cc3)c21. The van der Waals surface area contributed by atoms with E-state index in [9.17, 15) is 10.1 Å². The second-order valence-electron chi connectivity index (χ2n) is 4.90. The quantitative estimate of drug-likeness (QED) is 0.509. The highest BCUT2D eigenvalue weighted by molar-refractivity contribution is 7.99. The topological polar surface area (TPSA) is 70.2 Å². The molecule has 0 spiro atoms. The summed E-state index contributed by atoms with van der Waals surface area (Å²) in [5.41, 5.74) is 2.07. The number of nitrogens with zero attached hydrogens (tertiary/aromatic N) is 3. The van der Waals surface area contributed by atoms with Crippen LogP contribution in [0.3, 0.4) is 0 Å². The van der Waals surface area contributed by atoms with E-state index in [-0.39, 0.29) is 5.69 Å². The fourth-order valence-corrected chi connectivity index (χ4v) is 3.29.